The molecule has 0 aromatic carbocycles. The molecule has 1 rings (SSSR count). The lowest BCUT2D eigenvalue weighted by Crippen LogP contribution is -2.54. The zero-order valence-electron chi connectivity index (χ0n) is 12.4. The second-order valence-electron chi connectivity index (χ2n) is 6.90. The zero-order valence-corrected chi connectivity index (χ0v) is 12.4. The van der Waals surface area contributed by atoms with Gasteiger partial charge in [0.2, 0.25) is 0 Å². The van der Waals surface area contributed by atoms with E-state index in [2.05, 4.69) is 0 Å². The van der Waals surface area contributed by atoms with Crippen molar-refractivity contribution in [3.05, 3.63) is 0 Å². The molecule has 1 unspecified atom stereocenters. The number of hydrogen-bond donors (Lipinski definition) is 2. The minimum atomic E-state index is -1.65. The van der Waals surface area contributed by atoms with Gasteiger partial charge < -0.3 is 10.2 Å². The highest BCUT2D eigenvalue weighted by Gasteiger charge is 2.59. The molecule has 4 heteroatoms. The molecule has 1 saturated carbocycles. The molecule has 0 aromatic rings. The van der Waals surface area contributed by atoms with Crippen LogP contribution in [0.1, 0.15) is 59.8 Å². The lowest BCUT2D eigenvalue weighted by Gasteiger charge is -2.45. The third-order valence-corrected chi connectivity index (χ3v) is 4.94. The summed E-state index contributed by atoms with van der Waals surface area (Å²) in [6.07, 6.45) is 4.36. The highest BCUT2D eigenvalue weighted by atomic mass is 16.4. The van der Waals surface area contributed by atoms with Crippen LogP contribution in [0.2, 0.25) is 0 Å². The Kier molecular flexibility index (Phi) is 4.64. The van der Waals surface area contributed by atoms with E-state index in [1.165, 1.54) is 0 Å². The Morgan fingerprint density at radius 2 is 1.42 bits per heavy atom. The zero-order chi connectivity index (χ0) is 14.8. The van der Waals surface area contributed by atoms with E-state index in [0.717, 1.165) is 19.3 Å². The summed E-state index contributed by atoms with van der Waals surface area (Å²) >= 11 is 0. The standard InChI is InChI=1S/C15H26O4/c1-10(14(2,3)4)15(12(16)17,13(18)19)11-8-6-5-7-9-11/h10-11H,5-9H2,1-4H3,(H,16,17)(H,18,19). The predicted octanol–water partition coefficient (Wildman–Crippen LogP) is 3.40. The van der Waals surface area contributed by atoms with E-state index in [1.54, 1.807) is 6.92 Å². The summed E-state index contributed by atoms with van der Waals surface area (Å²) in [6.45, 7) is 7.53. The molecule has 19 heavy (non-hydrogen) atoms. The first kappa shape index (κ1) is 16.0. The fourth-order valence-electron chi connectivity index (χ4n) is 3.41. The average molecular weight is 270 g/mol. The number of aliphatic carboxylic acids is 2. The average Bonchev–Trinajstić information content (AvgIpc) is 2.29. The van der Waals surface area contributed by atoms with Crippen LogP contribution in [0.25, 0.3) is 0 Å². The number of rotatable bonds is 4. The first-order valence-electron chi connectivity index (χ1n) is 7.12. The van der Waals surface area contributed by atoms with E-state index >= 15 is 0 Å². The molecule has 0 amide bonds. The van der Waals surface area contributed by atoms with Crippen molar-refractivity contribution in [2.75, 3.05) is 0 Å². The van der Waals surface area contributed by atoms with Gasteiger partial charge in [0.05, 0.1) is 0 Å². The van der Waals surface area contributed by atoms with Crippen molar-refractivity contribution in [3.8, 4) is 0 Å². The maximum atomic E-state index is 11.9. The number of carboxylic acid groups (broad SMARTS) is 2. The van der Waals surface area contributed by atoms with Crippen molar-refractivity contribution in [1.82, 2.24) is 0 Å². The summed E-state index contributed by atoms with van der Waals surface area (Å²) in [5, 5.41) is 19.4. The normalized spacial score (nSPS) is 20.0. The molecule has 0 radical (unpaired) electrons. The SMILES string of the molecule is CC(C(C)(C)C)C(C(=O)O)(C(=O)O)C1CCCCC1. The molecule has 1 atom stereocenters. The molecule has 0 saturated heterocycles. The molecule has 1 aliphatic carbocycles. The maximum Gasteiger partial charge on any atom is 0.321 e. The lowest BCUT2D eigenvalue weighted by atomic mass is 9.56. The molecule has 2 N–H and O–H groups in total. The highest BCUT2D eigenvalue weighted by molar-refractivity contribution is 5.99. The van der Waals surface area contributed by atoms with E-state index < -0.39 is 23.3 Å². The Hall–Kier alpha value is -1.06. The smallest absolute Gasteiger partial charge is 0.321 e. The molecule has 0 aromatic heterocycles. The van der Waals surface area contributed by atoms with Crippen molar-refractivity contribution >= 4 is 11.9 Å². The van der Waals surface area contributed by atoms with E-state index in [1.807, 2.05) is 20.8 Å². The molecular weight excluding hydrogens is 244 g/mol. The van der Waals surface area contributed by atoms with Crippen LogP contribution in [0, 0.1) is 22.7 Å². The molecule has 0 aliphatic heterocycles. The molecule has 0 heterocycles. The predicted molar refractivity (Wildman–Crippen MR) is 72.9 cm³/mol. The largest absolute Gasteiger partial charge is 0.480 e. The van der Waals surface area contributed by atoms with Gasteiger partial charge in [-0.25, -0.2) is 0 Å². The monoisotopic (exact) mass is 270 g/mol. The third kappa shape index (κ3) is 2.77. The molecule has 110 valence electrons. The Morgan fingerprint density at radius 1 is 1.00 bits per heavy atom. The van der Waals surface area contributed by atoms with Gasteiger partial charge in [0.1, 0.15) is 0 Å². The van der Waals surface area contributed by atoms with Gasteiger partial charge in [0, 0.05) is 0 Å². The molecule has 1 aliphatic rings. The van der Waals surface area contributed by atoms with Crippen molar-refractivity contribution in [2.45, 2.75) is 59.8 Å². The lowest BCUT2D eigenvalue weighted by molar-refractivity contribution is -0.180. The van der Waals surface area contributed by atoms with Gasteiger partial charge >= 0.3 is 11.9 Å². The number of carboxylic acids is 2. The summed E-state index contributed by atoms with van der Waals surface area (Å²) in [5.41, 5.74) is -2.01. The number of hydrogen-bond acceptors (Lipinski definition) is 2. The fourth-order valence-corrected chi connectivity index (χ4v) is 3.41. The van der Waals surface area contributed by atoms with Crippen molar-refractivity contribution in [3.63, 3.8) is 0 Å². The molecular formula is C15H26O4. The van der Waals surface area contributed by atoms with E-state index in [-0.39, 0.29) is 11.3 Å². The summed E-state index contributed by atoms with van der Waals surface area (Å²) in [4.78, 5) is 23.7. The van der Waals surface area contributed by atoms with Crippen LogP contribution in [0.4, 0.5) is 0 Å². The molecule has 0 bridgehead atoms. The quantitative estimate of drug-likeness (QED) is 0.768. The Labute approximate surface area is 115 Å². The second-order valence-corrected chi connectivity index (χ2v) is 6.90. The summed E-state index contributed by atoms with van der Waals surface area (Å²) in [6, 6.07) is 0. The summed E-state index contributed by atoms with van der Waals surface area (Å²) in [7, 11) is 0. The molecule has 4 nitrogen and oxygen atoms in total. The fraction of sp³-hybridized carbons (Fsp3) is 0.867. The molecule has 0 spiro atoms. The maximum absolute atomic E-state index is 11.9. The van der Waals surface area contributed by atoms with Gasteiger partial charge in [-0.3, -0.25) is 9.59 Å². The van der Waals surface area contributed by atoms with Crippen molar-refractivity contribution in [1.29, 1.82) is 0 Å². The Morgan fingerprint density at radius 3 is 1.74 bits per heavy atom. The van der Waals surface area contributed by atoms with Crippen molar-refractivity contribution < 1.29 is 19.8 Å². The minimum absolute atomic E-state index is 0.259. The van der Waals surface area contributed by atoms with Gasteiger partial charge in [-0.1, -0.05) is 47.0 Å². The van der Waals surface area contributed by atoms with Crippen LogP contribution < -0.4 is 0 Å². The van der Waals surface area contributed by atoms with E-state index in [9.17, 15) is 19.8 Å². The Balaban J connectivity index is 3.29. The van der Waals surface area contributed by atoms with Gasteiger partial charge in [0.25, 0.3) is 0 Å². The van der Waals surface area contributed by atoms with Gasteiger partial charge in [-0.2, -0.15) is 0 Å². The van der Waals surface area contributed by atoms with Gasteiger partial charge in [-0.05, 0) is 30.1 Å². The second kappa shape index (κ2) is 5.51. The topological polar surface area (TPSA) is 74.6 Å². The van der Waals surface area contributed by atoms with Crippen LogP contribution >= 0.6 is 0 Å². The van der Waals surface area contributed by atoms with Crippen LogP contribution in [0.3, 0.4) is 0 Å². The minimum Gasteiger partial charge on any atom is -0.480 e. The first-order chi connectivity index (χ1) is 8.65. The van der Waals surface area contributed by atoms with E-state index in [4.69, 9.17) is 0 Å². The van der Waals surface area contributed by atoms with Gasteiger partial charge in [-0.15, -0.1) is 0 Å². The van der Waals surface area contributed by atoms with Crippen LogP contribution in [0.5, 0.6) is 0 Å². The van der Waals surface area contributed by atoms with Gasteiger partial charge in [0.15, 0.2) is 5.41 Å². The van der Waals surface area contributed by atoms with Crippen LogP contribution in [0.15, 0.2) is 0 Å². The molecule has 1 fully saturated rings. The van der Waals surface area contributed by atoms with Crippen molar-refractivity contribution in [2.24, 2.45) is 22.7 Å². The number of carbonyl (C=O) groups is 2. The summed E-state index contributed by atoms with van der Waals surface area (Å²) in [5.74, 6) is -3.02. The van der Waals surface area contributed by atoms with E-state index in [0.29, 0.717) is 12.8 Å². The highest BCUT2D eigenvalue weighted by Crippen LogP contribution is 2.50. The third-order valence-electron chi connectivity index (χ3n) is 4.94. The van der Waals surface area contributed by atoms with Crippen LogP contribution in [-0.4, -0.2) is 22.2 Å². The Bertz CT molecular complexity index is 334. The van der Waals surface area contributed by atoms with Crippen LogP contribution in [-0.2, 0) is 9.59 Å². The summed E-state index contributed by atoms with van der Waals surface area (Å²) < 4.78 is 0. The first-order valence-corrected chi connectivity index (χ1v) is 7.12.